The summed E-state index contributed by atoms with van der Waals surface area (Å²) in [5, 5.41) is 7.55. The molecule has 1 aliphatic heterocycles. The van der Waals surface area contributed by atoms with E-state index in [1.165, 1.54) is 25.3 Å². The maximum atomic E-state index is 13.0. The SMILES string of the molecule is COc1ccc(S(=O)(=O)NC(C)C)cc1NC(=O)C1CCN(Cc2nc(-c3ccc(Cl)cc3)no2)CC1. The van der Waals surface area contributed by atoms with E-state index < -0.39 is 10.0 Å². The number of halogens is 1. The maximum absolute atomic E-state index is 13.0. The first kappa shape index (κ1) is 27.1. The molecule has 0 bridgehead atoms. The van der Waals surface area contributed by atoms with Crippen molar-refractivity contribution in [2.24, 2.45) is 5.92 Å². The van der Waals surface area contributed by atoms with Gasteiger partial charge in [-0.2, -0.15) is 4.98 Å². The summed E-state index contributed by atoms with van der Waals surface area (Å²) in [5.41, 5.74) is 1.14. The fraction of sp³-hybridized carbons (Fsp3) is 0.400. The van der Waals surface area contributed by atoms with Crippen LogP contribution in [0.25, 0.3) is 11.4 Å². The first-order valence-corrected chi connectivity index (χ1v) is 13.8. The molecular formula is C25H30ClN5O5S. The van der Waals surface area contributed by atoms with Gasteiger partial charge in [-0.15, -0.1) is 0 Å². The van der Waals surface area contributed by atoms with Crippen LogP contribution in [0.5, 0.6) is 5.75 Å². The minimum Gasteiger partial charge on any atom is -0.495 e. The normalized spacial score (nSPS) is 15.2. The molecular weight excluding hydrogens is 518 g/mol. The molecule has 2 heterocycles. The number of ether oxygens (including phenoxy) is 1. The van der Waals surface area contributed by atoms with Crippen LogP contribution in [0.1, 0.15) is 32.6 Å². The number of hydrogen-bond acceptors (Lipinski definition) is 8. The number of carbonyl (C=O) groups is 1. The zero-order valence-electron chi connectivity index (χ0n) is 20.9. The number of benzene rings is 2. The first-order chi connectivity index (χ1) is 17.6. The Bertz CT molecular complexity index is 1340. The molecule has 2 N–H and O–H groups in total. The lowest BCUT2D eigenvalue weighted by atomic mass is 9.96. The van der Waals surface area contributed by atoms with Gasteiger partial charge in [-0.05, 0) is 82.2 Å². The molecule has 0 spiro atoms. The monoisotopic (exact) mass is 547 g/mol. The summed E-state index contributed by atoms with van der Waals surface area (Å²) in [6, 6.07) is 11.4. The molecule has 0 unspecified atom stereocenters. The number of methoxy groups -OCH3 is 1. The second-order valence-electron chi connectivity index (χ2n) is 9.20. The first-order valence-electron chi connectivity index (χ1n) is 12.0. The molecule has 1 aliphatic rings. The Kier molecular flexibility index (Phi) is 8.48. The lowest BCUT2D eigenvalue weighted by molar-refractivity contribution is -0.121. The molecule has 0 radical (unpaired) electrons. The zero-order valence-corrected chi connectivity index (χ0v) is 22.5. The van der Waals surface area contributed by atoms with Gasteiger partial charge in [0.25, 0.3) is 0 Å². The summed E-state index contributed by atoms with van der Waals surface area (Å²) in [6.45, 7) is 5.34. The van der Waals surface area contributed by atoms with E-state index in [2.05, 4.69) is 25.1 Å². The van der Waals surface area contributed by atoms with Crippen molar-refractivity contribution in [1.82, 2.24) is 19.8 Å². The Balaban J connectivity index is 1.35. The van der Waals surface area contributed by atoms with Gasteiger partial charge in [0.1, 0.15) is 5.75 Å². The highest BCUT2D eigenvalue weighted by Crippen LogP contribution is 2.29. The number of nitrogens with one attached hydrogen (secondary N) is 2. The Morgan fingerprint density at radius 3 is 2.54 bits per heavy atom. The highest BCUT2D eigenvalue weighted by Gasteiger charge is 2.27. The Labute approximate surface area is 221 Å². The van der Waals surface area contributed by atoms with Gasteiger partial charge >= 0.3 is 0 Å². The van der Waals surface area contributed by atoms with E-state index in [1.54, 1.807) is 26.0 Å². The summed E-state index contributed by atoms with van der Waals surface area (Å²) in [4.78, 5) is 19.7. The topological polar surface area (TPSA) is 127 Å². The minimum atomic E-state index is -3.71. The molecule has 37 heavy (non-hydrogen) atoms. The average molecular weight is 548 g/mol. The summed E-state index contributed by atoms with van der Waals surface area (Å²) in [5.74, 6) is 1.00. The van der Waals surface area contributed by atoms with E-state index >= 15 is 0 Å². The fourth-order valence-corrected chi connectivity index (χ4v) is 5.55. The van der Waals surface area contributed by atoms with Gasteiger partial charge in [-0.25, -0.2) is 13.1 Å². The third-order valence-electron chi connectivity index (χ3n) is 6.02. The third kappa shape index (κ3) is 6.86. The number of sulfonamides is 1. The van der Waals surface area contributed by atoms with Crippen LogP contribution >= 0.6 is 11.6 Å². The number of piperidine rings is 1. The number of hydrogen-bond donors (Lipinski definition) is 2. The molecule has 1 aromatic heterocycles. The Morgan fingerprint density at radius 1 is 1.19 bits per heavy atom. The van der Waals surface area contributed by atoms with Crippen LogP contribution in [0.4, 0.5) is 5.69 Å². The average Bonchev–Trinajstić information content (AvgIpc) is 3.32. The summed E-state index contributed by atoms with van der Waals surface area (Å²) in [7, 11) is -2.24. The molecule has 0 atom stereocenters. The van der Waals surface area contributed by atoms with E-state index in [9.17, 15) is 13.2 Å². The number of carbonyl (C=O) groups excluding carboxylic acids is 1. The molecule has 1 fully saturated rings. The van der Waals surface area contributed by atoms with E-state index in [4.69, 9.17) is 20.9 Å². The number of nitrogens with zero attached hydrogens (tertiary/aromatic N) is 3. The predicted molar refractivity (Wildman–Crippen MR) is 140 cm³/mol. The quantitative estimate of drug-likeness (QED) is 0.412. The third-order valence-corrected chi connectivity index (χ3v) is 7.93. The fourth-order valence-electron chi connectivity index (χ4n) is 4.14. The minimum absolute atomic E-state index is 0.0599. The van der Waals surface area contributed by atoms with Gasteiger partial charge < -0.3 is 14.6 Å². The second kappa shape index (κ2) is 11.6. The van der Waals surface area contributed by atoms with E-state index in [1.807, 2.05) is 12.1 Å². The van der Waals surface area contributed by atoms with Crippen molar-refractivity contribution in [1.29, 1.82) is 0 Å². The number of anilines is 1. The summed E-state index contributed by atoms with van der Waals surface area (Å²) in [6.07, 6.45) is 1.28. The highest BCUT2D eigenvalue weighted by atomic mass is 35.5. The van der Waals surface area contributed by atoms with Crippen LogP contribution in [-0.2, 0) is 21.4 Å². The van der Waals surface area contributed by atoms with Crippen LogP contribution in [0.2, 0.25) is 5.02 Å². The van der Waals surface area contributed by atoms with Crippen LogP contribution < -0.4 is 14.8 Å². The molecule has 2 aromatic carbocycles. The standard InChI is InChI=1S/C25H30ClN5O5S/c1-16(2)30-37(33,34)20-8-9-22(35-3)21(14-20)27-25(32)18-10-12-31(13-11-18)15-23-28-24(29-36-23)17-4-6-19(26)7-5-17/h4-9,14,16,18,30H,10-13,15H2,1-3H3,(H,27,32). The molecule has 12 heteroatoms. The van der Waals surface area contributed by atoms with Crippen molar-refractivity contribution in [2.75, 3.05) is 25.5 Å². The molecule has 198 valence electrons. The molecule has 3 aromatic rings. The van der Waals surface area contributed by atoms with Gasteiger partial charge in [0, 0.05) is 22.5 Å². The van der Waals surface area contributed by atoms with Crippen molar-refractivity contribution >= 4 is 33.2 Å². The second-order valence-corrected chi connectivity index (χ2v) is 11.3. The van der Waals surface area contributed by atoms with Gasteiger partial charge in [0.2, 0.25) is 27.6 Å². The maximum Gasteiger partial charge on any atom is 0.241 e. The largest absolute Gasteiger partial charge is 0.495 e. The molecule has 10 nitrogen and oxygen atoms in total. The molecule has 1 saturated heterocycles. The lowest BCUT2D eigenvalue weighted by Gasteiger charge is -2.30. The number of rotatable bonds is 9. The van der Waals surface area contributed by atoms with Crippen molar-refractivity contribution in [3.05, 3.63) is 53.4 Å². The Morgan fingerprint density at radius 2 is 1.89 bits per heavy atom. The van der Waals surface area contributed by atoms with Crippen LogP contribution in [0.3, 0.4) is 0 Å². The van der Waals surface area contributed by atoms with Gasteiger partial charge in [0.15, 0.2) is 0 Å². The molecule has 4 rings (SSSR count). The smallest absolute Gasteiger partial charge is 0.241 e. The van der Waals surface area contributed by atoms with Crippen molar-refractivity contribution in [2.45, 2.75) is 44.2 Å². The number of aromatic nitrogens is 2. The zero-order chi connectivity index (χ0) is 26.6. The van der Waals surface area contributed by atoms with Crippen LogP contribution in [-0.4, -0.2) is 55.6 Å². The molecule has 1 amide bonds. The van der Waals surface area contributed by atoms with Crippen molar-refractivity contribution in [3.8, 4) is 17.1 Å². The number of amides is 1. The van der Waals surface area contributed by atoms with E-state index in [0.717, 1.165) is 5.56 Å². The molecule has 0 saturated carbocycles. The van der Waals surface area contributed by atoms with Gasteiger partial charge in [0.05, 0.1) is 24.2 Å². The number of likely N-dealkylation sites (tertiary alicyclic amines) is 1. The van der Waals surface area contributed by atoms with Gasteiger partial charge in [-0.3, -0.25) is 9.69 Å². The van der Waals surface area contributed by atoms with Crippen LogP contribution in [0.15, 0.2) is 51.9 Å². The molecule has 0 aliphatic carbocycles. The van der Waals surface area contributed by atoms with Gasteiger partial charge in [-0.1, -0.05) is 16.8 Å². The van der Waals surface area contributed by atoms with Crippen molar-refractivity contribution < 1.29 is 22.5 Å². The lowest BCUT2D eigenvalue weighted by Crippen LogP contribution is -2.38. The van der Waals surface area contributed by atoms with Crippen LogP contribution in [0, 0.1) is 5.92 Å². The van der Waals surface area contributed by atoms with E-state index in [-0.39, 0.29) is 22.8 Å². The summed E-state index contributed by atoms with van der Waals surface area (Å²) >= 11 is 5.94. The summed E-state index contributed by atoms with van der Waals surface area (Å²) < 4.78 is 38.4. The van der Waals surface area contributed by atoms with E-state index in [0.29, 0.717) is 60.7 Å². The predicted octanol–water partition coefficient (Wildman–Crippen LogP) is 3.94. The Hall–Kier alpha value is -2.99. The highest BCUT2D eigenvalue weighted by molar-refractivity contribution is 7.89. The van der Waals surface area contributed by atoms with Crippen molar-refractivity contribution in [3.63, 3.8) is 0 Å².